The zero-order valence-corrected chi connectivity index (χ0v) is 10.6. The van der Waals surface area contributed by atoms with E-state index in [1.165, 1.54) is 12.1 Å². The van der Waals surface area contributed by atoms with Gasteiger partial charge in [0.1, 0.15) is 5.82 Å². The Labute approximate surface area is 109 Å². The highest BCUT2D eigenvalue weighted by molar-refractivity contribution is 6.33. The number of aliphatic hydroxyl groups excluding tert-OH is 2. The van der Waals surface area contributed by atoms with Gasteiger partial charge in [0.25, 0.3) is 0 Å². The molecule has 0 atom stereocenters. The van der Waals surface area contributed by atoms with Gasteiger partial charge < -0.3 is 20.6 Å². The number of anilines is 1. The van der Waals surface area contributed by atoms with Crippen molar-refractivity contribution in [3.05, 3.63) is 22.8 Å². The first-order valence-electron chi connectivity index (χ1n) is 5.37. The number of nitrogens with zero attached hydrogens (tertiary/aromatic N) is 1. The number of hydrogen-bond donors (Lipinski definition) is 4. The number of aliphatic hydroxyl groups is 2. The first kappa shape index (κ1) is 14.7. The number of halogens is 1. The minimum Gasteiger partial charge on any atom is -0.476 e. The topological polar surface area (TPSA) is 103 Å². The second kappa shape index (κ2) is 5.99. The third-order valence-corrected chi connectivity index (χ3v) is 3.03. The molecule has 6 nitrogen and oxygen atoms in total. The van der Waals surface area contributed by atoms with Crippen molar-refractivity contribution in [1.29, 1.82) is 0 Å². The largest absolute Gasteiger partial charge is 0.476 e. The number of pyridine rings is 1. The summed E-state index contributed by atoms with van der Waals surface area (Å²) >= 11 is 5.69. The lowest BCUT2D eigenvalue weighted by Gasteiger charge is -2.30. The van der Waals surface area contributed by atoms with Gasteiger partial charge in [-0.3, -0.25) is 0 Å². The molecule has 0 aliphatic heterocycles. The molecule has 1 aromatic heterocycles. The Bertz CT molecular complexity index is 427. The van der Waals surface area contributed by atoms with E-state index in [2.05, 4.69) is 10.3 Å². The first-order chi connectivity index (χ1) is 8.48. The van der Waals surface area contributed by atoms with E-state index in [0.29, 0.717) is 6.42 Å². The molecule has 1 heterocycles. The zero-order chi connectivity index (χ0) is 13.8. The molecular formula is C11H15ClN2O4. The number of hydrogen-bond acceptors (Lipinski definition) is 5. The van der Waals surface area contributed by atoms with Crippen LogP contribution in [-0.4, -0.2) is 45.0 Å². The van der Waals surface area contributed by atoms with Crippen molar-refractivity contribution in [2.45, 2.75) is 18.9 Å². The Morgan fingerprint density at radius 2 is 2.06 bits per heavy atom. The molecule has 18 heavy (non-hydrogen) atoms. The summed E-state index contributed by atoms with van der Waals surface area (Å²) in [6.07, 6.45) is 0.451. The molecule has 0 spiro atoms. The predicted octanol–water partition coefficient (Wildman–Crippen LogP) is 0.979. The Hall–Kier alpha value is -1.37. The van der Waals surface area contributed by atoms with Crippen molar-refractivity contribution < 1.29 is 20.1 Å². The molecule has 0 amide bonds. The highest BCUT2D eigenvalue weighted by atomic mass is 35.5. The Morgan fingerprint density at radius 3 is 2.50 bits per heavy atom. The molecule has 7 heteroatoms. The van der Waals surface area contributed by atoms with Gasteiger partial charge in [-0.1, -0.05) is 18.5 Å². The fraction of sp³-hybridized carbons (Fsp3) is 0.455. The summed E-state index contributed by atoms with van der Waals surface area (Å²) in [4.78, 5) is 14.7. The van der Waals surface area contributed by atoms with Crippen LogP contribution in [0.25, 0.3) is 0 Å². The normalized spacial score (nSPS) is 11.3. The first-order valence-corrected chi connectivity index (χ1v) is 5.75. The molecule has 0 saturated carbocycles. The van der Waals surface area contributed by atoms with E-state index in [4.69, 9.17) is 16.7 Å². The van der Waals surface area contributed by atoms with Gasteiger partial charge >= 0.3 is 5.97 Å². The summed E-state index contributed by atoms with van der Waals surface area (Å²) in [5.41, 5.74) is -1.21. The highest BCUT2D eigenvalue weighted by Crippen LogP contribution is 2.21. The minimum absolute atomic E-state index is 0.0307. The van der Waals surface area contributed by atoms with Gasteiger partial charge in [0.05, 0.1) is 23.8 Å². The van der Waals surface area contributed by atoms with Crippen LogP contribution in [0.15, 0.2) is 12.1 Å². The molecular weight excluding hydrogens is 260 g/mol. The summed E-state index contributed by atoms with van der Waals surface area (Å²) in [7, 11) is 0. The zero-order valence-electron chi connectivity index (χ0n) is 9.85. The molecule has 0 aliphatic rings. The van der Waals surface area contributed by atoms with E-state index in [0.717, 1.165) is 0 Å². The average Bonchev–Trinajstić information content (AvgIpc) is 2.38. The fourth-order valence-electron chi connectivity index (χ4n) is 1.37. The standard InChI is InChI=1S/C11H15ClN2O4/c1-2-11(5-15,6-16)14-8-4-3-7(12)9(13-8)10(17)18/h3-4,15-16H,2,5-6H2,1H3,(H,13,14)(H,17,18). The van der Waals surface area contributed by atoms with E-state index in [9.17, 15) is 15.0 Å². The van der Waals surface area contributed by atoms with Gasteiger partial charge in [0.15, 0.2) is 5.69 Å². The molecule has 0 radical (unpaired) electrons. The molecule has 0 aliphatic carbocycles. The smallest absolute Gasteiger partial charge is 0.356 e. The number of nitrogens with one attached hydrogen (secondary N) is 1. The SMILES string of the molecule is CCC(CO)(CO)Nc1ccc(Cl)c(C(=O)O)n1. The molecule has 1 rings (SSSR count). The van der Waals surface area contributed by atoms with Gasteiger partial charge in [-0.2, -0.15) is 0 Å². The molecule has 0 aromatic carbocycles. The van der Waals surface area contributed by atoms with Crippen molar-refractivity contribution in [1.82, 2.24) is 4.98 Å². The van der Waals surface area contributed by atoms with Gasteiger partial charge in [-0.15, -0.1) is 0 Å². The van der Waals surface area contributed by atoms with Crippen LogP contribution in [0, 0.1) is 0 Å². The van der Waals surface area contributed by atoms with Gasteiger partial charge in [-0.25, -0.2) is 9.78 Å². The fourth-order valence-corrected chi connectivity index (χ4v) is 1.56. The van der Waals surface area contributed by atoms with Crippen LogP contribution < -0.4 is 5.32 Å². The average molecular weight is 275 g/mol. The lowest BCUT2D eigenvalue weighted by atomic mass is 9.98. The number of carboxylic acid groups (broad SMARTS) is 1. The molecule has 1 aromatic rings. The summed E-state index contributed by atoms with van der Waals surface area (Å²) in [6, 6.07) is 2.89. The molecule has 0 bridgehead atoms. The maximum absolute atomic E-state index is 10.9. The Morgan fingerprint density at radius 1 is 1.44 bits per heavy atom. The molecule has 100 valence electrons. The molecule has 0 unspecified atom stereocenters. The van der Waals surface area contributed by atoms with Gasteiger partial charge in [0, 0.05) is 0 Å². The molecule has 0 saturated heterocycles. The van der Waals surface area contributed by atoms with E-state index >= 15 is 0 Å². The Balaban J connectivity index is 3.04. The second-order valence-corrected chi connectivity index (χ2v) is 4.31. The number of aromatic carboxylic acids is 1. The predicted molar refractivity (Wildman–Crippen MR) is 67.0 cm³/mol. The van der Waals surface area contributed by atoms with Crippen molar-refractivity contribution in [2.24, 2.45) is 0 Å². The van der Waals surface area contributed by atoms with Gasteiger partial charge in [0.2, 0.25) is 0 Å². The quantitative estimate of drug-likeness (QED) is 0.617. The van der Waals surface area contributed by atoms with Crippen LogP contribution in [0.5, 0.6) is 0 Å². The van der Waals surface area contributed by atoms with E-state index in [-0.39, 0.29) is 29.7 Å². The minimum atomic E-state index is -1.24. The van der Waals surface area contributed by atoms with Crippen LogP contribution in [0.4, 0.5) is 5.82 Å². The Kier molecular flexibility index (Phi) is 4.89. The lowest BCUT2D eigenvalue weighted by molar-refractivity contribution is 0.0691. The van der Waals surface area contributed by atoms with Crippen LogP contribution in [0.3, 0.4) is 0 Å². The van der Waals surface area contributed by atoms with Crippen LogP contribution in [0.2, 0.25) is 5.02 Å². The number of carbonyl (C=O) groups is 1. The highest BCUT2D eigenvalue weighted by Gasteiger charge is 2.27. The van der Waals surface area contributed by atoms with E-state index < -0.39 is 11.5 Å². The summed E-state index contributed by atoms with van der Waals surface area (Å²) in [6.45, 7) is 1.19. The maximum atomic E-state index is 10.9. The van der Waals surface area contributed by atoms with Crippen molar-refractivity contribution in [3.8, 4) is 0 Å². The number of rotatable bonds is 6. The van der Waals surface area contributed by atoms with Crippen LogP contribution in [0.1, 0.15) is 23.8 Å². The summed E-state index contributed by atoms with van der Waals surface area (Å²) in [5.74, 6) is -1.000. The third kappa shape index (κ3) is 3.10. The molecule has 0 fully saturated rings. The number of carboxylic acids is 1. The van der Waals surface area contributed by atoms with Gasteiger partial charge in [-0.05, 0) is 18.6 Å². The van der Waals surface area contributed by atoms with Crippen LogP contribution >= 0.6 is 11.6 Å². The van der Waals surface area contributed by atoms with Crippen molar-refractivity contribution in [2.75, 3.05) is 18.5 Å². The molecule has 4 N–H and O–H groups in total. The summed E-state index contributed by atoms with van der Waals surface area (Å²) < 4.78 is 0. The maximum Gasteiger partial charge on any atom is 0.356 e. The van der Waals surface area contributed by atoms with E-state index in [1.54, 1.807) is 6.92 Å². The second-order valence-electron chi connectivity index (χ2n) is 3.91. The third-order valence-electron chi connectivity index (χ3n) is 2.72. The van der Waals surface area contributed by atoms with Crippen molar-refractivity contribution >= 4 is 23.4 Å². The van der Waals surface area contributed by atoms with Crippen molar-refractivity contribution in [3.63, 3.8) is 0 Å². The lowest BCUT2D eigenvalue weighted by Crippen LogP contribution is -2.45. The monoisotopic (exact) mass is 274 g/mol. The van der Waals surface area contributed by atoms with E-state index in [1.807, 2.05) is 0 Å². The summed E-state index contributed by atoms with van der Waals surface area (Å²) in [5, 5.41) is 30.3. The van der Waals surface area contributed by atoms with Crippen LogP contribution in [-0.2, 0) is 0 Å². The number of aromatic nitrogens is 1.